The maximum Gasteiger partial charge on any atom is 0.318 e. The summed E-state index contributed by atoms with van der Waals surface area (Å²) in [4.78, 5) is 14.2. The van der Waals surface area contributed by atoms with Gasteiger partial charge in [-0.3, -0.25) is 0 Å². The molecule has 0 spiro atoms. The Hall–Kier alpha value is -0.770. The van der Waals surface area contributed by atoms with E-state index in [9.17, 15) is 9.90 Å². The van der Waals surface area contributed by atoms with E-state index in [1.165, 1.54) is 6.42 Å². The van der Waals surface area contributed by atoms with E-state index in [1.54, 1.807) is 6.92 Å². The van der Waals surface area contributed by atoms with Gasteiger partial charge in [-0.05, 0) is 47.0 Å². The lowest BCUT2D eigenvalue weighted by atomic mass is 10.0. The summed E-state index contributed by atoms with van der Waals surface area (Å²) < 4.78 is 0. The van der Waals surface area contributed by atoms with Crippen LogP contribution in [0, 0.1) is 0 Å². The van der Waals surface area contributed by atoms with Gasteiger partial charge in [-0.15, -0.1) is 0 Å². The Kier molecular flexibility index (Phi) is 5.45. The van der Waals surface area contributed by atoms with Gasteiger partial charge in [0.1, 0.15) is 0 Å². The number of urea groups is 1. The van der Waals surface area contributed by atoms with Crippen LogP contribution in [0.15, 0.2) is 0 Å². The summed E-state index contributed by atoms with van der Waals surface area (Å²) in [6.45, 7) is 8.58. The molecule has 1 aliphatic rings. The van der Waals surface area contributed by atoms with Gasteiger partial charge in [0.25, 0.3) is 0 Å². The third-order valence-electron chi connectivity index (χ3n) is 3.23. The average Bonchev–Trinajstić information content (AvgIpc) is 2.39. The van der Waals surface area contributed by atoms with Crippen LogP contribution in [0.1, 0.15) is 59.8 Å². The van der Waals surface area contributed by atoms with Crippen LogP contribution in [0.3, 0.4) is 0 Å². The van der Waals surface area contributed by atoms with Crippen molar-refractivity contribution in [1.82, 2.24) is 10.2 Å². The largest absolute Gasteiger partial charge is 0.393 e. The minimum Gasteiger partial charge on any atom is -0.393 e. The molecule has 1 rings (SSSR count). The second-order valence-corrected chi connectivity index (χ2v) is 6.46. The Balaban J connectivity index is 2.69. The molecule has 2 amide bonds. The quantitative estimate of drug-likeness (QED) is 0.797. The summed E-state index contributed by atoms with van der Waals surface area (Å²) in [7, 11) is 0. The van der Waals surface area contributed by atoms with Crippen LogP contribution in [0.4, 0.5) is 4.79 Å². The number of rotatable bonds is 2. The number of likely N-dealkylation sites (tertiary alicyclic amines) is 1. The number of amides is 2. The lowest BCUT2D eigenvalue weighted by Crippen LogP contribution is -2.52. The summed E-state index contributed by atoms with van der Waals surface area (Å²) in [5.41, 5.74) is -0.210. The van der Waals surface area contributed by atoms with Crippen LogP contribution in [0.25, 0.3) is 0 Å². The zero-order chi connectivity index (χ0) is 13.8. The first-order chi connectivity index (χ1) is 8.29. The first-order valence-electron chi connectivity index (χ1n) is 7.06. The topological polar surface area (TPSA) is 52.6 Å². The van der Waals surface area contributed by atoms with Crippen molar-refractivity contribution in [1.29, 1.82) is 0 Å². The molecule has 0 saturated carbocycles. The van der Waals surface area contributed by atoms with E-state index in [0.717, 1.165) is 25.8 Å². The van der Waals surface area contributed by atoms with Crippen molar-refractivity contribution in [3.05, 3.63) is 0 Å². The molecule has 106 valence electrons. The molecule has 18 heavy (non-hydrogen) atoms. The van der Waals surface area contributed by atoms with Crippen LogP contribution < -0.4 is 5.32 Å². The highest BCUT2D eigenvalue weighted by atomic mass is 16.3. The van der Waals surface area contributed by atoms with E-state index in [0.29, 0.717) is 6.42 Å². The zero-order valence-electron chi connectivity index (χ0n) is 12.2. The fourth-order valence-electron chi connectivity index (χ4n) is 2.48. The lowest BCUT2D eigenvalue weighted by Gasteiger charge is -2.34. The summed E-state index contributed by atoms with van der Waals surface area (Å²) >= 11 is 0. The van der Waals surface area contributed by atoms with Gasteiger partial charge >= 0.3 is 6.03 Å². The molecule has 2 unspecified atom stereocenters. The number of aliphatic hydroxyl groups is 1. The number of hydrogen-bond donors (Lipinski definition) is 2. The molecule has 4 nitrogen and oxygen atoms in total. The number of nitrogens with one attached hydrogen (secondary N) is 1. The summed E-state index contributed by atoms with van der Waals surface area (Å²) in [6, 6.07) is 0.185. The lowest BCUT2D eigenvalue weighted by molar-refractivity contribution is 0.119. The van der Waals surface area contributed by atoms with E-state index in [-0.39, 0.29) is 23.7 Å². The third-order valence-corrected chi connectivity index (χ3v) is 3.23. The number of nitrogens with zero attached hydrogens (tertiary/aromatic N) is 1. The van der Waals surface area contributed by atoms with Crippen molar-refractivity contribution in [3.63, 3.8) is 0 Å². The van der Waals surface area contributed by atoms with Crippen LogP contribution in [-0.2, 0) is 0 Å². The maximum atomic E-state index is 12.3. The van der Waals surface area contributed by atoms with Gasteiger partial charge in [-0.2, -0.15) is 0 Å². The zero-order valence-corrected chi connectivity index (χ0v) is 12.2. The van der Waals surface area contributed by atoms with E-state index >= 15 is 0 Å². The van der Waals surface area contributed by atoms with E-state index < -0.39 is 0 Å². The fourth-order valence-corrected chi connectivity index (χ4v) is 2.48. The highest BCUT2D eigenvalue weighted by Crippen LogP contribution is 2.21. The van der Waals surface area contributed by atoms with Gasteiger partial charge in [0, 0.05) is 18.1 Å². The first-order valence-corrected chi connectivity index (χ1v) is 7.06. The van der Waals surface area contributed by atoms with Crippen LogP contribution in [-0.4, -0.2) is 40.3 Å². The normalized spacial score (nSPS) is 23.4. The smallest absolute Gasteiger partial charge is 0.318 e. The summed E-state index contributed by atoms with van der Waals surface area (Å²) in [5.74, 6) is 0. The monoisotopic (exact) mass is 256 g/mol. The van der Waals surface area contributed by atoms with E-state index in [2.05, 4.69) is 5.32 Å². The van der Waals surface area contributed by atoms with Gasteiger partial charge in [0.15, 0.2) is 0 Å². The second-order valence-electron chi connectivity index (χ2n) is 6.46. The Bertz CT molecular complexity index is 271. The molecule has 1 saturated heterocycles. The van der Waals surface area contributed by atoms with Crippen LogP contribution in [0.5, 0.6) is 0 Å². The van der Waals surface area contributed by atoms with Crippen molar-refractivity contribution in [2.45, 2.75) is 77.5 Å². The maximum absolute atomic E-state index is 12.3. The molecular formula is C14H28N2O2. The van der Waals surface area contributed by atoms with Crippen molar-refractivity contribution in [2.75, 3.05) is 6.54 Å². The molecule has 0 radical (unpaired) electrons. The standard InChI is InChI=1S/C14H28N2O2/c1-11(17)10-12-8-6-5-7-9-16(12)13(18)15-14(2,3)4/h11-12,17H,5-10H2,1-4H3,(H,15,18). The van der Waals surface area contributed by atoms with Gasteiger partial charge in [0.2, 0.25) is 0 Å². The van der Waals surface area contributed by atoms with Gasteiger partial charge in [0.05, 0.1) is 6.10 Å². The molecule has 2 atom stereocenters. The van der Waals surface area contributed by atoms with Crippen LogP contribution >= 0.6 is 0 Å². The minimum absolute atomic E-state index is 0.00931. The molecule has 2 N–H and O–H groups in total. The molecule has 1 heterocycles. The van der Waals surface area contributed by atoms with E-state index in [4.69, 9.17) is 0 Å². The van der Waals surface area contributed by atoms with Gasteiger partial charge in [-0.1, -0.05) is 12.8 Å². The number of carbonyl (C=O) groups excluding carboxylic acids is 1. The molecule has 1 aliphatic heterocycles. The third kappa shape index (κ3) is 5.25. The van der Waals surface area contributed by atoms with Crippen molar-refractivity contribution >= 4 is 6.03 Å². The Labute approximate surface area is 111 Å². The molecule has 0 aromatic carbocycles. The molecule has 0 bridgehead atoms. The average molecular weight is 256 g/mol. The number of hydrogen-bond acceptors (Lipinski definition) is 2. The molecule has 4 heteroatoms. The highest BCUT2D eigenvalue weighted by Gasteiger charge is 2.28. The second kappa shape index (κ2) is 6.41. The fraction of sp³-hybridized carbons (Fsp3) is 0.929. The van der Waals surface area contributed by atoms with Gasteiger partial charge in [-0.25, -0.2) is 4.79 Å². The Morgan fingerprint density at radius 1 is 1.39 bits per heavy atom. The number of carbonyl (C=O) groups is 1. The van der Waals surface area contributed by atoms with Gasteiger partial charge < -0.3 is 15.3 Å². The van der Waals surface area contributed by atoms with Crippen molar-refractivity contribution in [2.24, 2.45) is 0 Å². The van der Waals surface area contributed by atoms with E-state index in [1.807, 2.05) is 25.7 Å². The Morgan fingerprint density at radius 2 is 2.06 bits per heavy atom. The molecule has 0 aliphatic carbocycles. The number of aliphatic hydroxyl groups excluding tert-OH is 1. The summed E-state index contributed by atoms with van der Waals surface area (Å²) in [5, 5.41) is 12.6. The Morgan fingerprint density at radius 3 is 2.61 bits per heavy atom. The highest BCUT2D eigenvalue weighted by molar-refractivity contribution is 5.75. The van der Waals surface area contributed by atoms with Crippen LogP contribution in [0.2, 0.25) is 0 Å². The first kappa shape index (κ1) is 15.3. The van der Waals surface area contributed by atoms with Crippen molar-refractivity contribution < 1.29 is 9.90 Å². The predicted octanol–water partition coefficient (Wildman–Crippen LogP) is 2.51. The molecule has 0 aromatic heterocycles. The van der Waals surface area contributed by atoms with Crippen molar-refractivity contribution in [3.8, 4) is 0 Å². The molecule has 0 aromatic rings. The minimum atomic E-state index is -0.349. The molecule has 1 fully saturated rings. The SMILES string of the molecule is CC(O)CC1CCCCCN1C(=O)NC(C)(C)C. The predicted molar refractivity (Wildman–Crippen MR) is 73.5 cm³/mol. The molecular weight excluding hydrogens is 228 g/mol. The summed E-state index contributed by atoms with van der Waals surface area (Å²) in [6.07, 6.45) is 4.72.